The lowest BCUT2D eigenvalue weighted by atomic mass is 10.0. The standard InChI is InChI=1S/C16H23NO/c1-13-7-3-6-10-15(13)16(18)12-17(2)11-14-8-4-5-9-14/h3,6-7,10,14H,4-5,8-9,11-12H2,1-2H3. The van der Waals surface area contributed by atoms with Crippen LogP contribution in [-0.4, -0.2) is 30.8 Å². The van der Waals surface area contributed by atoms with E-state index in [9.17, 15) is 4.79 Å². The molecule has 2 rings (SSSR count). The molecule has 1 saturated carbocycles. The van der Waals surface area contributed by atoms with Gasteiger partial charge < -0.3 is 0 Å². The van der Waals surface area contributed by atoms with Gasteiger partial charge in [-0.05, 0) is 38.3 Å². The van der Waals surface area contributed by atoms with Crippen molar-refractivity contribution in [2.45, 2.75) is 32.6 Å². The number of ketones is 1. The van der Waals surface area contributed by atoms with Crippen LogP contribution in [0.1, 0.15) is 41.6 Å². The lowest BCUT2D eigenvalue weighted by Gasteiger charge is -2.20. The summed E-state index contributed by atoms with van der Waals surface area (Å²) >= 11 is 0. The number of benzene rings is 1. The van der Waals surface area contributed by atoms with Crippen LogP contribution in [0.3, 0.4) is 0 Å². The molecule has 1 aliphatic rings. The van der Waals surface area contributed by atoms with Crippen molar-refractivity contribution in [3.05, 3.63) is 35.4 Å². The minimum Gasteiger partial charge on any atom is -0.299 e. The first-order valence-corrected chi connectivity index (χ1v) is 6.94. The van der Waals surface area contributed by atoms with Crippen LogP contribution in [0.15, 0.2) is 24.3 Å². The maximum atomic E-state index is 12.2. The monoisotopic (exact) mass is 245 g/mol. The Morgan fingerprint density at radius 3 is 2.61 bits per heavy atom. The van der Waals surface area contributed by atoms with Crippen molar-refractivity contribution in [1.29, 1.82) is 0 Å². The second-order valence-corrected chi connectivity index (χ2v) is 5.59. The highest BCUT2D eigenvalue weighted by Crippen LogP contribution is 2.25. The average Bonchev–Trinajstić information content (AvgIpc) is 2.82. The number of rotatable bonds is 5. The van der Waals surface area contributed by atoms with Crippen LogP contribution in [0.4, 0.5) is 0 Å². The molecular formula is C16H23NO. The van der Waals surface area contributed by atoms with Gasteiger partial charge in [0.15, 0.2) is 5.78 Å². The maximum absolute atomic E-state index is 12.2. The molecule has 0 unspecified atom stereocenters. The summed E-state index contributed by atoms with van der Waals surface area (Å²) in [7, 11) is 2.06. The molecule has 0 spiro atoms. The van der Waals surface area contributed by atoms with Gasteiger partial charge in [-0.25, -0.2) is 0 Å². The zero-order valence-corrected chi connectivity index (χ0v) is 11.5. The van der Waals surface area contributed by atoms with E-state index in [0.717, 1.165) is 23.6 Å². The Balaban J connectivity index is 1.88. The third-order valence-electron chi connectivity index (χ3n) is 3.90. The van der Waals surface area contributed by atoms with E-state index in [1.165, 1.54) is 25.7 Å². The maximum Gasteiger partial charge on any atom is 0.177 e. The number of aryl methyl sites for hydroxylation is 1. The van der Waals surface area contributed by atoms with E-state index in [2.05, 4.69) is 11.9 Å². The largest absolute Gasteiger partial charge is 0.299 e. The Kier molecular flexibility index (Phi) is 4.54. The van der Waals surface area contributed by atoms with Crippen molar-refractivity contribution in [3.63, 3.8) is 0 Å². The number of Topliss-reactive ketones (excluding diaryl/α,β-unsaturated/α-hetero) is 1. The Morgan fingerprint density at radius 1 is 1.28 bits per heavy atom. The molecule has 0 bridgehead atoms. The van der Waals surface area contributed by atoms with Gasteiger partial charge in [0.25, 0.3) is 0 Å². The predicted molar refractivity (Wildman–Crippen MR) is 75.0 cm³/mol. The van der Waals surface area contributed by atoms with Crippen molar-refractivity contribution in [2.24, 2.45) is 5.92 Å². The molecule has 0 N–H and O–H groups in total. The summed E-state index contributed by atoms with van der Waals surface area (Å²) < 4.78 is 0. The van der Waals surface area contributed by atoms with E-state index in [1.54, 1.807) is 0 Å². The molecule has 0 saturated heterocycles. The third kappa shape index (κ3) is 3.42. The summed E-state index contributed by atoms with van der Waals surface area (Å²) in [6.45, 7) is 3.61. The molecule has 2 heteroatoms. The van der Waals surface area contributed by atoms with Crippen LogP contribution in [0.25, 0.3) is 0 Å². The molecule has 1 fully saturated rings. The molecule has 98 valence electrons. The summed E-state index contributed by atoms with van der Waals surface area (Å²) in [5, 5.41) is 0. The quantitative estimate of drug-likeness (QED) is 0.742. The van der Waals surface area contributed by atoms with Crippen LogP contribution >= 0.6 is 0 Å². The molecular weight excluding hydrogens is 222 g/mol. The Hall–Kier alpha value is -1.15. The predicted octanol–water partition coefficient (Wildman–Crippen LogP) is 3.30. The molecule has 18 heavy (non-hydrogen) atoms. The summed E-state index contributed by atoms with van der Waals surface area (Å²) in [6.07, 6.45) is 5.40. The number of nitrogens with zero attached hydrogens (tertiary/aromatic N) is 1. The van der Waals surface area contributed by atoms with E-state index < -0.39 is 0 Å². The summed E-state index contributed by atoms with van der Waals surface area (Å²) in [5.41, 5.74) is 1.95. The highest BCUT2D eigenvalue weighted by molar-refractivity contribution is 5.98. The molecule has 0 aliphatic heterocycles. The second kappa shape index (κ2) is 6.14. The first-order chi connectivity index (χ1) is 8.66. The van der Waals surface area contributed by atoms with Crippen LogP contribution in [-0.2, 0) is 0 Å². The highest BCUT2D eigenvalue weighted by atomic mass is 16.1. The SMILES string of the molecule is Cc1ccccc1C(=O)CN(C)CC1CCCC1. The molecule has 0 heterocycles. The van der Waals surface area contributed by atoms with Gasteiger partial charge in [-0.15, -0.1) is 0 Å². The Labute approximate surface area is 110 Å². The van der Waals surface area contributed by atoms with Gasteiger partial charge in [0, 0.05) is 12.1 Å². The van der Waals surface area contributed by atoms with Crippen molar-refractivity contribution < 1.29 is 4.79 Å². The smallest absolute Gasteiger partial charge is 0.177 e. The zero-order valence-electron chi connectivity index (χ0n) is 11.5. The van der Waals surface area contributed by atoms with Crippen LogP contribution < -0.4 is 0 Å². The normalized spacial score (nSPS) is 16.4. The fraction of sp³-hybridized carbons (Fsp3) is 0.562. The molecule has 2 nitrogen and oxygen atoms in total. The minimum absolute atomic E-state index is 0.244. The van der Waals surface area contributed by atoms with Gasteiger partial charge in [-0.1, -0.05) is 37.1 Å². The second-order valence-electron chi connectivity index (χ2n) is 5.59. The van der Waals surface area contributed by atoms with E-state index in [4.69, 9.17) is 0 Å². The lowest BCUT2D eigenvalue weighted by molar-refractivity contribution is 0.0937. The average molecular weight is 245 g/mol. The van der Waals surface area contributed by atoms with Gasteiger partial charge in [-0.3, -0.25) is 9.69 Å². The molecule has 0 aromatic heterocycles. The van der Waals surface area contributed by atoms with E-state index >= 15 is 0 Å². The number of carbonyl (C=O) groups is 1. The highest BCUT2D eigenvalue weighted by Gasteiger charge is 2.18. The minimum atomic E-state index is 0.244. The van der Waals surface area contributed by atoms with E-state index in [-0.39, 0.29) is 5.78 Å². The zero-order chi connectivity index (χ0) is 13.0. The lowest BCUT2D eigenvalue weighted by Crippen LogP contribution is -2.30. The molecule has 0 amide bonds. The fourth-order valence-corrected chi connectivity index (χ4v) is 2.91. The number of hydrogen-bond acceptors (Lipinski definition) is 2. The van der Waals surface area contributed by atoms with Crippen molar-refractivity contribution in [1.82, 2.24) is 4.90 Å². The Bertz CT molecular complexity index is 407. The van der Waals surface area contributed by atoms with Gasteiger partial charge in [0.2, 0.25) is 0 Å². The summed E-state index contributed by atoms with van der Waals surface area (Å²) in [6, 6.07) is 7.86. The van der Waals surface area contributed by atoms with E-state index in [1.807, 2.05) is 31.2 Å². The molecule has 0 radical (unpaired) electrons. The Morgan fingerprint density at radius 2 is 1.94 bits per heavy atom. The van der Waals surface area contributed by atoms with Gasteiger partial charge in [0.05, 0.1) is 6.54 Å². The van der Waals surface area contributed by atoms with Crippen LogP contribution in [0, 0.1) is 12.8 Å². The first kappa shape index (κ1) is 13.3. The third-order valence-corrected chi connectivity index (χ3v) is 3.90. The summed E-state index contributed by atoms with van der Waals surface area (Å²) in [5.74, 6) is 1.05. The number of carbonyl (C=O) groups excluding carboxylic acids is 1. The summed E-state index contributed by atoms with van der Waals surface area (Å²) in [4.78, 5) is 14.4. The van der Waals surface area contributed by atoms with Crippen molar-refractivity contribution in [3.8, 4) is 0 Å². The van der Waals surface area contributed by atoms with E-state index in [0.29, 0.717) is 6.54 Å². The van der Waals surface area contributed by atoms with Crippen molar-refractivity contribution >= 4 is 5.78 Å². The number of hydrogen-bond donors (Lipinski definition) is 0. The van der Waals surface area contributed by atoms with Crippen LogP contribution in [0.5, 0.6) is 0 Å². The fourth-order valence-electron chi connectivity index (χ4n) is 2.91. The van der Waals surface area contributed by atoms with Crippen LogP contribution in [0.2, 0.25) is 0 Å². The molecule has 0 atom stereocenters. The first-order valence-electron chi connectivity index (χ1n) is 6.94. The molecule has 1 aromatic carbocycles. The topological polar surface area (TPSA) is 20.3 Å². The van der Waals surface area contributed by atoms with Gasteiger partial charge in [-0.2, -0.15) is 0 Å². The number of likely N-dealkylation sites (N-methyl/N-ethyl adjacent to an activating group) is 1. The molecule has 1 aliphatic carbocycles. The molecule has 1 aromatic rings. The van der Waals surface area contributed by atoms with Gasteiger partial charge >= 0.3 is 0 Å². The van der Waals surface area contributed by atoms with Crippen molar-refractivity contribution in [2.75, 3.05) is 20.1 Å². The van der Waals surface area contributed by atoms with Gasteiger partial charge in [0.1, 0.15) is 0 Å².